The summed E-state index contributed by atoms with van der Waals surface area (Å²) in [6, 6.07) is 17.0. The average molecular weight is 317 g/mol. The zero-order valence-electron chi connectivity index (χ0n) is 15.0. The first-order chi connectivity index (χ1) is 11.5. The largest absolute Gasteiger partial charge is 0.376 e. The van der Waals surface area contributed by atoms with E-state index in [1.807, 2.05) is 6.07 Å². The highest BCUT2D eigenvalue weighted by Gasteiger charge is 2.03. The molecule has 0 amide bonds. The molecule has 0 aliphatic carbocycles. The van der Waals surface area contributed by atoms with Gasteiger partial charge in [0.05, 0.1) is 0 Å². The number of rotatable bonds is 7. The van der Waals surface area contributed by atoms with E-state index in [1.54, 1.807) is 0 Å². The molecule has 2 rings (SSSR count). The number of hydrogen-bond acceptors (Lipinski definition) is 1. The zero-order chi connectivity index (χ0) is 17.5. The Morgan fingerprint density at radius 1 is 1.04 bits per heavy atom. The first-order valence-electron chi connectivity index (χ1n) is 8.31. The van der Waals surface area contributed by atoms with E-state index >= 15 is 0 Å². The maximum Gasteiger partial charge on any atom is 0.0420 e. The van der Waals surface area contributed by atoms with Gasteiger partial charge in [-0.05, 0) is 60.4 Å². The third-order valence-corrected chi connectivity index (χ3v) is 4.16. The van der Waals surface area contributed by atoms with E-state index in [-0.39, 0.29) is 0 Å². The maximum atomic E-state index is 4.21. The summed E-state index contributed by atoms with van der Waals surface area (Å²) in [5.74, 6) is 0. The van der Waals surface area contributed by atoms with Crippen LogP contribution >= 0.6 is 0 Å². The molecule has 0 spiro atoms. The van der Waals surface area contributed by atoms with Gasteiger partial charge >= 0.3 is 0 Å². The van der Waals surface area contributed by atoms with E-state index in [2.05, 4.69) is 93.7 Å². The van der Waals surface area contributed by atoms with Gasteiger partial charge in [-0.25, -0.2) is 0 Å². The van der Waals surface area contributed by atoms with E-state index in [9.17, 15) is 0 Å². The standard InChI is InChI=1S/C23H27N/c1-18-11-12-23(21(4)15-18)16-20(3)19(2)13-14-24(5)17-22-9-7-6-8-10-22/h6-15H,2-3,16-17H2,1,4-5H3/b14-13-. The maximum absolute atomic E-state index is 4.21. The molecule has 0 bridgehead atoms. The van der Waals surface area contributed by atoms with Gasteiger partial charge in [-0.15, -0.1) is 0 Å². The van der Waals surface area contributed by atoms with E-state index in [4.69, 9.17) is 0 Å². The van der Waals surface area contributed by atoms with Crippen molar-refractivity contribution in [3.8, 4) is 0 Å². The fourth-order valence-corrected chi connectivity index (χ4v) is 2.65. The highest BCUT2D eigenvalue weighted by molar-refractivity contribution is 5.41. The van der Waals surface area contributed by atoms with Crippen LogP contribution in [0.15, 0.2) is 85.1 Å². The van der Waals surface area contributed by atoms with E-state index in [0.29, 0.717) is 0 Å². The summed E-state index contributed by atoms with van der Waals surface area (Å²) in [4.78, 5) is 2.16. The summed E-state index contributed by atoms with van der Waals surface area (Å²) in [5.41, 5.74) is 7.26. The van der Waals surface area contributed by atoms with Gasteiger partial charge in [0.2, 0.25) is 0 Å². The molecule has 2 aromatic rings. The fourth-order valence-electron chi connectivity index (χ4n) is 2.65. The number of benzene rings is 2. The predicted molar refractivity (Wildman–Crippen MR) is 105 cm³/mol. The minimum absolute atomic E-state index is 0.845. The molecule has 0 aliphatic heterocycles. The third kappa shape index (κ3) is 5.27. The van der Waals surface area contributed by atoms with Crippen molar-refractivity contribution in [2.45, 2.75) is 26.8 Å². The molecule has 2 aromatic carbocycles. The molecular weight excluding hydrogens is 290 g/mol. The smallest absolute Gasteiger partial charge is 0.0420 e. The Balaban J connectivity index is 1.92. The first kappa shape index (κ1) is 17.8. The zero-order valence-corrected chi connectivity index (χ0v) is 15.0. The molecule has 0 aromatic heterocycles. The first-order valence-corrected chi connectivity index (χ1v) is 8.31. The second-order valence-corrected chi connectivity index (χ2v) is 6.45. The van der Waals surface area contributed by atoms with E-state index < -0.39 is 0 Å². The third-order valence-electron chi connectivity index (χ3n) is 4.16. The van der Waals surface area contributed by atoms with Crippen LogP contribution in [0.4, 0.5) is 0 Å². The molecule has 0 saturated heterocycles. The van der Waals surface area contributed by atoms with Gasteiger partial charge in [-0.2, -0.15) is 0 Å². The van der Waals surface area contributed by atoms with Gasteiger partial charge in [-0.1, -0.05) is 67.3 Å². The molecule has 0 unspecified atom stereocenters. The topological polar surface area (TPSA) is 3.24 Å². The molecule has 0 fully saturated rings. The van der Waals surface area contributed by atoms with Crippen molar-refractivity contribution in [2.75, 3.05) is 7.05 Å². The Morgan fingerprint density at radius 2 is 1.75 bits per heavy atom. The number of allylic oxidation sites excluding steroid dienone is 3. The van der Waals surface area contributed by atoms with Crippen LogP contribution in [0.3, 0.4) is 0 Å². The summed E-state index contributed by atoms with van der Waals surface area (Å²) in [7, 11) is 2.07. The molecule has 0 heterocycles. The van der Waals surface area contributed by atoms with Gasteiger partial charge in [-0.3, -0.25) is 0 Å². The van der Waals surface area contributed by atoms with Crippen LogP contribution in [-0.2, 0) is 13.0 Å². The SMILES string of the molecule is C=C(/C=C\N(C)Cc1ccccc1)C(=C)Cc1ccc(C)cc1C. The number of aryl methyl sites for hydroxylation is 2. The summed E-state index contributed by atoms with van der Waals surface area (Å²) >= 11 is 0. The molecule has 1 nitrogen and oxygen atoms in total. The predicted octanol–water partition coefficient (Wildman–Crippen LogP) is 5.60. The molecule has 124 valence electrons. The normalized spacial score (nSPS) is 10.8. The second-order valence-electron chi connectivity index (χ2n) is 6.45. The Labute approximate surface area is 146 Å². The quantitative estimate of drug-likeness (QED) is 0.600. The lowest BCUT2D eigenvalue weighted by molar-refractivity contribution is 0.451. The van der Waals surface area contributed by atoms with Gasteiger partial charge in [0.15, 0.2) is 0 Å². The fraction of sp³-hybridized carbons (Fsp3) is 0.217. The Bertz CT molecular complexity index is 738. The molecular formula is C23H27N. The second kappa shape index (κ2) is 8.35. The molecule has 0 N–H and O–H groups in total. The monoisotopic (exact) mass is 317 g/mol. The van der Waals surface area contributed by atoms with Crippen LogP contribution in [0.5, 0.6) is 0 Å². The van der Waals surface area contributed by atoms with Crippen molar-refractivity contribution in [1.82, 2.24) is 4.90 Å². The minimum Gasteiger partial charge on any atom is -0.376 e. The van der Waals surface area contributed by atoms with Crippen molar-refractivity contribution in [1.29, 1.82) is 0 Å². The molecule has 0 radical (unpaired) electrons. The Kier molecular flexibility index (Phi) is 6.20. The van der Waals surface area contributed by atoms with Crippen LogP contribution in [0.1, 0.15) is 22.3 Å². The molecule has 1 heteroatoms. The molecule has 0 atom stereocenters. The van der Waals surface area contributed by atoms with Crippen LogP contribution < -0.4 is 0 Å². The van der Waals surface area contributed by atoms with E-state index in [0.717, 1.165) is 24.1 Å². The Morgan fingerprint density at radius 3 is 2.42 bits per heavy atom. The van der Waals surface area contributed by atoms with E-state index in [1.165, 1.54) is 22.3 Å². The Hall–Kier alpha value is -2.54. The summed E-state index contributed by atoms with van der Waals surface area (Å²) in [6.45, 7) is 13.5. The van der Waals surface area contributed by atoms with Crippen molar-refractivity contribution in [3.05, 3.63) is 107 Å². The molecule has 0 aliphatic rings. The summed E-state index contributed by atoms with van der Waals surface area (Å²) in [6.07, 6.45) is 4.97. The molecule has 24 heavy (non-hydrogen) atoms. The molecule has 0 saturated carbocycles. The average Bonchev–Trinajstić information content (AvgIpc) is 2.56. The lowest BCUT2D eigenvalue weighted by Gasteiger charge is -2.15. The van der Waals surface area contributed by atoms with Crippen molar-refractivity contribution >= 4 is 0 Å². The van der Waals surface area contributed by atoms with Crippen LogP contribution in [-0.4, -0.2) is 11.9 Å². The highest BCUT2D eigenvalue weighted by Crippen LogP contribution is 2.18. The lowest BCUT2D eigenvalue weighted by atomic mass is 9.96. The van der Waals surface area contributed by atoms with Crippen molar-refractivity contribution < 1.29 is 0 Å². The van der Waals surface area contributed by atoms with Crippen molar-refractivity contribution in [2.24, 2.45) is 0 Å². The van der Waals surface area contributed by atoms with Crippen LogP contribution in [0.2, 0.25) is 0 Å². The summed E-state index contributed by atoms with van der Waals surface area (Å²) in [5, 5.41) is 0. The van der Waals surface area contributed by atoms with Gasteiger partial charge in [0.25, 0.3) is 0 Å². The van der Waals surface area contributed by atoms with Gasteiger partial charge < -0.3 is 4.90 Å². The van der Waals surface area contributed by atoms with Gasteiger partial charge in [0, 0.05) is 13.6 Å². The minimum atomic E-state index is 0.845. The number of hydrogen-bond donors (Lipinski definition) is 0. The van der Waals surface area contributed by atoms with Crippen LogP contribution in [0.25, 0.3) is 0 Å². The van der Waals surface area contributed by atoms with Crippen LogP contribution in [0, 0.1) is 13.8 Å². The number of nitrogens with zero attached hydrogens (tertiary/aromatic N) is 1. The van der Waals surface area contributed by atoms with Crippen molar-refractivity contribution in [3.63, 3.8) is 0 Å². The lowest BCUT2D eigenvalue weighted by Crippen LogP contribution is -2.09. The summed E-state index contributed by atoms with van der Waals surface area (Å²) < 4.78 is 0. The van der Waals surface area contributed by atoms with Gasteiger partial charge in [0.1, 0.15) is 0 Å². The highest BCUT2D eigenvalue weighted by atomic mass is 15.1.